The van der Waals surface area contributed by atoms with E-state index in [4.69, 9.17) is 34.8 Å². The molecule has 6 aromatic carbocycles. The van der Waals surface area contributed by atoms with Crippen molar-refractivity contribution in [2.45, 2.75) is 5.88 Å². The first-order chi connectivity index (χ1) is 17.1. The highest BCUT2D eigenvalue weighted by Crippen LogP contribution is 2.39. The van der Waals surface area contributed by atoms with Crippen molar-refractivity contribution < 1.29 is 0 Å². The normalized spacial score (nSPS) is 11.4. The van der Waals surface area contributed by atoms with Crippen molar-refractivity contribution in [3.05, 3.63) is 125 Å². The second-order valence-electron chi connectivity index (χ2n) is 8.69. The summed E-state index contributed by atoms with van der Waals surface area (Å²) >= 11 is 18.8. The Balaban J connectivity index is 1.58. The van der Waals surface area contributed by atoms with Crippen LogP contribution >= 0.6 is 34.8 Å². The van der Waals surface area contributed by atoms with Crippen LogP contribution in [0.4, 0.5) is 17.1 Å². The lowest BCUT2D eigenvalue weighted by Gasteiger charge is -2.26. The summed E-state index contributed by atoms with van der Waals surface area (Å²) in [6.45, 7) is 0. The molecular weight excluding hydrogens is 493 g/mol. The highest BCUT2D eigenvalue weighted by molar-refractivity contribution is 6.31. The van der Waals surface area contributed by atoms with Crippen LogP contribution < -0.4 is 4.90 Å². The average molecular weight is 513 g/mol. The van der Waals surface area contributed by atoms with E-state index in [9.17, 15) is 0 Å². The van der Waals surface area contributed by atoms with Crippen LogP contribution in [0.25, 0.3) is 32.3 Å². The molecule has 4 heteroatoms. The van der Waals surface area contributed by atoms with Crippen LogP contribution in [0.2, 0.25) is 10.0 Å². The Morgan fingerprint density at radius 1 is 0.429 bits per heavy atom. The van der Waals surface area contributed by atoms with Crippen molar-refractivity contribution in [3.8, 4) is 0 Å². The Labute approximate surface area is 219 Å². The molecule has 0 aliphatic heterocycles. The highest BCUT2D eigenvalue weighted by atomic mass is 35.5. The smallest absolute Gasteiger partial charge is 0.0474 e. The minimum Gasteiger partial charge on any atom is -0.310 e. The predicted octanol–water partition coefficient (Wildman–Crippen LogP) is 10.7. The third-order valence-corrected chi connectivity index (χ3v) is 7.17. The SMILES string of the molecule is ClCc1ccc2ccc(N(c3ccc4ccc(Cl)cc4c3)c3ccc4ccc(Cl)cc4c3)cc2c1. The largest absolute Gasteiger partial charge is 0.310 e. The van der Waals surface area contributed by atoms with E-state index in [1.54, 1.807) is 0 Å². The van der Waals surface area contributed by atoms with Crippen LogP contribution in [0.3, 0.4) is 0 Å². The van der Waals surface area contributed by atoms with Crippen LogP contribution in [0.1, 0.15) is 5.56 Å². The predicted molar refractivity (Wildman–Crippen MR) is 153 cm³/mol. The first kappa shape index (κ1) is 22.2. The minimum atomic E-state index is 0.487. The second-order valence-corrected chi connectivity index (χ2v) is 9.83. The number of rotatable bonds is 4. The second kappa shape index (κ2) is 9.09. The zero-order valence-corrected chi connectivity index (χ0v) is 20.9. The van der Waals surface area contributed by atoms with Gasteiger partial charge in [-0.3, -0.25) is 0 Å². The first-order valence-electron chi connectivity index (χ1n) is 11.3. The molecule has 0 N–H and O–H groups in total. The van der Waals surface area contributed by atoms with Gasteiger partial charge in [0.1, 0.15) is 0 Å². The molecule has 35 heavy (non-hydrogen) atoms. The maximum atomic E-state index is 6.32. The zero-order chi connectivity index (χ0) is 23.9. The summed E-state index contributed by atoms with van der Waals surface area (Å²) in [6, 6.07) is 37.8. The van der Waals surface area contributed by atoms with Crippen LogP contribution in [-0.4, -0.2) is 0 Å². The van der Waals surface area contributed by atoms with Gasteiger partial charge in [0.2, 0.25) is 0 Å². The Kier molecular flexibility index (Phi) is 5.78. The van der Waals surface area contributed by atoms with Crippen LogP contribution in [0, 0.1) is 0 Å². The summed E-state index contributed by atoms with van der Waals surface area (Å²) in [5, 5.41) is 8.25. The molecule has 170 valence electrons. The molecule has 0 saturated carbocycles. The summed E-state index contributed by atoms with van der Waals surface area (Å²) < 4.78 is 0. The number of nitrogens with zero attached hydrogens (tertiary/aromatic N) is 1. The van der Waals surface area contributed by atoms with E-state index in [0.29, 0.717) is 5.88 Å². The third-order valence-electron chi connectivity index (χ3n) is 6.39. The molecule has 0 aromatic heterocycles. The molecular formula is C31H20Cl3N. The van der Waals surface area contributed by atoms with Gasteiger partial charge in [-0.1, -0.05) is 65.7 Å². The molecule has 0 heterocycles. The Morgan fingerprint density at radius 3 is 1.29 bits per heavy atom. The third kappa shape index (κ3) is 4.32. The van der Waals surface area contributed by atoms with E-state index in [-0.39, 0.29) is 0 Å². The number of benzene rings is 6. The molecule has 0 saturated heterocycles. The van der Waals surface area contributed by atoms with Crippen molar-refractivity contribution in [2.24, 2.45) is 0 Å². The van der Waals surface area contributed by atoms with Gasteiger partial charge in [-0.2, -0.15) is 0 Å². The van der Waals surface area contributed by atoms with Gasteiger partial charge in [-0.25, -0.2) is 0 Å². The lowest BCUT2D eigenvalue weighted by Crippen LogP contribution is -2.10. The molecule has 0 spiro atoms. The van der Waals surface area contributed by atoms with Crippen molar-refractivity contribution in [3.63, 3.8) is 0 Å². The molecule has 0 aliphatic carbocycles. The van der Waals surface area contributed by atoms with E-state index >= 15 is 0 Å². The van der Waals surface area contributed by atoms with Gasteiger partial charge in [0.15, 0.2) is 0 Å². The van der Waals surface area contributed by atoms with Crippen LogP contribution in [-0.2, 0) is 5.88 Å². The minimum absolute atomic E-state index is 0.487. The lowest BCUT2D eigenvalue weighted by atomic mass is 10.0. The van der Waals surface area contributed by atoms with Gasteiger partial charge < -0.3 is 4.90 Å². The van der Waals surface area contributed by atoms with Gasteiger partial charge in [-0.05, 0) is 105 Å². The zero-order valence-electron chi connectivity index (χ0n) is 18.7. The van der Waals surface area contributed by atoms with E-state index in [1.165, 1.54) is 5.39 Å². The number of halogens is 3. The average Bonchev–Trinajstić information content (AvgIpc) is 2.88. The van der Waals surface area contributed by atoms with E-state index in [2.05, 4.69) is 77.7 Å². The van der Waals surface area contributed by atoms with Crippen LogP contribution in [0.15, 0.2) is 109 Å². The number of hydrogen-bond acceptors (Lipinski definition) is 1. The fourth-order valence-corrected chi connectivity index (χ4v) is 5.17. The van der Waals surface area contributed by atoms with Gasteiger partial charge in [0.25, 0.3) is 0 Å². The molecule has 0 bridgehead atoms. The standard InChI is InChI=1S/C31H20Cl3N/c32-19-20-1-2-21-5-10-29(16-24(21)13-20)35(30-11-6-22-3-8-27(33)14-25(22)17-30)31-12-7-23-4-9-28(34)15-26(23)18-31/h1-18H,19H2. The van der Waals surface area contributed by atoms with Crippen molar-refractivity contribution in [1.82, 2.24) is 0 Å². The quantitative estimate of drug-likeness (QED) is 0.212. The summed E-state index contributed by atoms with van der Waals surface area (Å²) in [6.07, 6.45) is 0. The molecule has 0 amide bonds. The van der Waals surface area contributed by atoms with E-state index in [0.717, 1.165) is 59.6 Å². The number of anilines is 3. The van der Waals surface area contributed by atoms with Gasteiger partial charge in [0, 0.05) is 33.0 Å². The number of alkyl halides is 1. The monoisotopic (exact) mass is 511 g/mol. The maximum absolute atomic E-state index is 6.32. The molecule has 0 fully saturated rings. The Hall–Kier alpha value is -3.23. The molecule has 0 unspecified atom stereocenters. The molecule has 6 aromatic rings. The van der Waals surface area contributed by atoms with Gasteiger partial charge in [-0.15, -0.1) is 11.6 Å². The van der Waals surface area contributed by atoms with E-state index in [1.807, 2.05) is 36.4 Å². The van der Waals surface area contributed by atoms with Crippen molar-refractivity contribution >= 4 is 84.2 Å². The summed E-state index contributed by atoms with van der Waals surface area (Å²) in [5.41, 5.74) is 4.26. The first-order valence-corrected chi connectivity index (χ1v) is 12.6. The Bertz CT molecular complexity index is 1640. The lowest BCUT2D eigenvalue weighted by molar-refractivity contribution is 1.30. The maximum Gasteiger partial charge on any atom is 0.0474 e. The fraction of sp³-hybridized carbons (Fsp3) is 0.0323. The molecule has 0 atom stereocenters. The van der Waals surface area contributed by atoms with Crippen LogP contribution in [0.5, 0.6) is 0 Å². The van der Waals surface area contributed by atoms with E-state index < -0.39 is 0 Å². The Morgan fingerprint density at radius 2 is 0.829 bits per heavy atom. The molecule has 0 radical (unpaired) electrons. The fourth-order valence-electron chi connectivity index (χ4n) is 4.64. The highest BCUT2D eigenvalue weighted by Gasteiger charge is 2.15. The number of fused-ring (bicyclic) bond motifs is 3. The van der Waals surface area contributed by atoms with Gasteiger partial charge in [0.05, 0.1) is 0 Å². The van der Waals surface area contributed by atoms with Gasteiger partial charge >= 0.3 is 0 Å². The molecule has 6 rings (SSSR count). The molecule has 0 aliphatic rings. The van der Waals surface area contributed by atoms with Crippen molar-refractivity contribution in [1.29, 1.82) is 0 Å². The summed E-state index contributed by atoms with van der Waals surface area (Å²) in [5.74, 6) is 0.487. The summed E-state index contributed by atoms with van der Waals surface area (Å²) in [4.78, 5) is 2.27. The summed E-state index contributed by atoms with van der Waals surface area (Å²) in [7, 11) is 0. The molecule has 1 nitrogen and oxygen atoms in total. The number of hydrogen-bond donors (Lipinski definition) is 0. The van der Waals surface area contributed by atoms with Crippen molar-refractivity contribution in [2.75, 3.05) is 4.90 Å². The topological polar surface area (TPSA) is 3.24 Å².